The summed E-state index contributed by atoms with van der Waals surface area (Å²) in [5, 5.41) is 10.3. The molecular formula is C32H28N2O. The van der Waals surface area contributed by atoms with Crippen LogP contribution in [-0.2, 0) is 5.54 Å². The molecule has 0 saturated carbocycles. The first-order chi connectivity index (χ1) is 17.2. The third-order valence-electron chi connectivity index (χ3n) is 6.84. The van der Waals surface area contributed by atoms with E-state index in [4.69, 9.17) is 4.98 Å². The second kappa shape index (κ2) is 9.47. The van der Waals surface area contributed by atoms with Gasteiger partial charge in [-0.1, -0.05) is 109 Å². The van der Waals surface area contributed by atoms with Crippen molar-refractivity contribution < 1.29 is 5.11 Å². The van der Waals surface area contributed by atoms with Crippen LogP contribution in [0, 0.1) is 13.8 Å². The van der Waals surface area contributed by atoms with E-state index in [1.54, 1.807) is 0 Å². The number of aromatic nitrogens is 2. The van der Waals surface area contributed by atoms with Gasteiger partial charge in [0.25, 0.3) is 0 Å². The van der Waals surface area contributed by atoms with E-state index in [-0.39, 0.29) is 0 Å². The Labute approximate surface area is 206 Å². The summed E-state index contributed by atoms with van der Waals surface area (Å²) >= 11 is 0. The van der Waals surface area contributed by atoms with Crippen molar-refractivity contribution >= 4 is 5.57 Å². The van der Waals surface area contributed by atoms with E-state index in [0.717, 1.165) is 27.8 Å². The molecular weight excluding hydrogens is 428 g/mol. The van der Waals surface area contributed by atoms with Crippen molar-refractivity contribution in [1.29, 1.82) is 0 Å². The van der Waals surface area contributed by atoms with E-state index < -0.39 is 5.54 Å². The Bertz CT molecular complexity index is 1360. The fourth-order valence-corrected chi connectivity index (χ4v) is 4.95. The molecule has 0 bridgehead atoms. The lowest BCUT2D eigenvalue weighted by atomic mass is 9.76. The van der Waals surface area contributed by atoms with Crippen LogP contribution in [-0.4, -0.2) is 14.7 Å². The minimum Gasteiger partial charge on any atom is -0.515 e. The number of aliphatic hydroxyl groups excluding tert-OH is 1. The number of imidazole rings is 1. The van der Waals surface area contributed by atoms with Crippen molar-refractivity contribution in [3.05, 3.63) is 167 Å². The Hall–Kier alpha value is -4.37. The van der Waals surface area contributed by atoms with Crippen LogP contribution in [0.1, 0.15) is 39.1 Å². The van der Waals surface area contributed by atoms with Gasteiger partial charge in [0, 0.05) is 11.8 Å². The zero-order valence-corrected chi connectivity index (χ0v) is 20.0. The molecule has 0 atom stereocenters. The molecule has 1 heterocycles. The van der Waals surface area contributed by atoms with Crippen molar-refractivity contribution in [2.45, 2.75) is 19.4 Å². The van der Waals surface area contributed by atoms with Crippen LogP contribution in [0.3, 0.4) is 0 Å². The summed E-state index contributed by atoms with van der Waals surface area (Å²) < 4.78 is 2.16. The molecule has 5 rings (SSSR count). The Morgan fingerprint density at radius 2 is 1.23 bits per heavy atom. The van der Waals surface area contributed by atoms with Crippen molar-refractivity contribution in [3.8, 4) is 0 Å². The maximum Gasteiger partial charge on any atom is 0.121 e. The Balaban J connectivity index is 1.78. The number of hydrogen-bond donors (Lipinski definition) is 1. The van der Waals surface area contributed by atoms with Gasteiger partial charge in [0.15, 0.2) is 0 Å². The standard InChI is InChI=1S/C32H28N2O/c1-24-13-12-20-29(25(24)2)30(22-35)31-21-34(23-33-31)32(26-14-6-3-7-15-26,27-16-8-4-9-17-27)28-18-10-5-11-19-28/h3-23,35H,1-2H3. The fraction of sp³-hybridized carbons (Fsp3) is 0.0938. The van der Waals surface area contributed by atoms with Crippen LogP contribution in [0.5, 0.6) is 0 Å². The molecule has 0 amide bonds. The first kappa shape index (κ1) is 22.4. The van der Waals surface area contributed by atoms with Crippen molar-refractivity contribution in [2.24, 2.45) is 0 Å². The molecule has 0 aliphatic rings. The minimum atomic E-state index is -0.642. The van der Waals surface area contributed by atoms with Crippen molar-refractivity contribution in [3.63, 3.8) is 0 Å². The highest BCUT2D eigenvalue weighted by Gasteiger charge is 2.38. The van der Waals surface area contributed by atoms with Crippen molar-refractivity contribution in [1.82, 2.24) is 9.55 Å². The monoisotopic (exact) mass is 456 g/mol. The summed E-state index contributed by atoms with van der Waals surface area (Å²) in [7, 11) is 0. The van der Waals surface area contributed by atoms with E-state index in [2.05, 4.69) is 97.3 Å². The normalized spacial score (nSPS) is 12.0. The zero-order valence-electron chi connectivity index (χ0n) is 20.0. The Kier molecular flexibility index (Phi) is 6.07. The third kappa shape index (κ3) is 3.85. The van der Waals surface area contributed by atoms with Crippen LogP contribution in [0.4, 0.5) is 0 Å². The number of aliphatic hydroxyl groups is 1. The fourth-order valence-electron chi connectivity index (χ4n) is 4.95. The molecule has 35 heavy (non-hydrogen) atoms. The Morgan fingerprint density at radius 1 is 0.714 bits per heavy atom. The maximum absolute atomic E-state index is 10.3. The summed E-state index contributed by atoms with van der Waals surface area (Å²) in [5.41, 5.74) is 7.44. The zero-order chi connectivity index (χ0) is 24.3. The number of benzene rings is 4. The van der Waals surface area contributed by atoms with Crippen molar-refractivity contribution in [2.75, 3.05) is 0 Å². The Morgan fingerprint density at radius 3 is 1.71 bits per heavy atom. The molecule has 172 valence electrons. The second-order valence-corrected chi connectivity index (χ2v) is 8.76. The highest BCUT2D eigenvalue weighted by Crippen LogP contribution is 2.41. The summed E-state index contributed by atoms with van der Waals surface area (Å²) in [6.07, 6.45) is 5.08. The van der Waals surface area contributed by atoms with Gasteiger partial charge in [0.2, 0.25) is 0 Å². The molecule has 1 N–H and O–H groups in total. The number of nitrogens with zero attached hydrogens (tertiary/aromatic N) is 2. The van der Waals surface area contributed by atoms with Gasteiger partial charge in [0.05, 0.1) is 18.3 Å². The molecule has 1 aromatic heterocycles. The average Bonchev–Trinajstić information content (AvgIpc) is 3.39. The van der Waals surface area contributed by atoms with Crippen LogP contribution < -0.4 is 0 Å². The molecule has 0 radical (unpaired) electrons. The van der Waals surface area contributed by atoms with Gasteiger partial charge >= 0.3 is 0 Å². The molecule has 0 aliphatic heterocycles. The van der Waals surface area contributed by atoms with Gasteiger partial charge in [-0.05, 0) is 47.2 Å². The molecule has 0 saturated heterocycles. The summed E-state index contributed by atoms with van der Waals surface area (Å²) in [5.74, 6) is 0. The van der Waals surface area contributed by atoms with Gasteiger partial charge in [-0.3, -0.25) is 0 Å². The summed E-state index contributed by atoms with van der Waals surface area (Å²) in [4.78, 5) is 4.81. The van der Waals surface area contributed by atoms with E-state index in [9.17, 15) is 5.11 Å². The predicted octanol–water partition coefficient (Wildman–Crippen LogP) is 7.29. The molecule has 0 aliphatic carbocycles. The number of rotatable bonds is 6. The lowest BCUT2D eigenvalue weighted by Crippen LogP contribution is -2.36. The minimum absolute atomic E-state index is 0.642. The topological polar surface area (TPSA) is 38.0 Å². The van der Waals surface area contributed by atoms with E-state index >= 15 is 0 Å². The lowest BCUT2D eigenvalue weighted by Gasteiger charge is -2.37. The maximum atomic E-state index is 10.3. The molecule has 3 heteroatoms. The molecule has 3 nitrogen and oxygen atoms in total. The first-order valence-corrected chi connectivity index (χ1v) is 11.8. The molecule has 0 fully saturated rings. The molecule has 0 unspecified atom stereocenters. The highest BCUT2D eigenvalue weighted by molar-refractivity contribution is 5.79. The van der Waals surface area contributed by atoms with Gasteiger partial charge in [-0.2, -0.15) is 0 Å². The summed E-state index contributed by atoms with van der Waals surface area (Å²) in [6.45, 7) is 4.16. The molecule has 4 aromatic carbocycles. The number of aryl methyl sites for hydroxylation is 1. The predicted molar refractivity (Wildman–Crippen MR) is 142 cm³/mol. The summed E-state index contributed by atoms with van der Waals surface area (Å²) in [6, 6.07) is 37.6. The van der Waals surface area contributed by atoms with Crippen LogP contribution in [0.2, 0.25) is 0 Å². The molecule has 5 aromatic rings. The third-order valence-corrected chi connectivity index (χ3v) is 6.84. The lowest BCUT2D eigenvalue weighted by molar-refractivity contribution is 0.475. The van der Waals surface area contributed by atoms with E-state index in [0.29, 0.717) is 11.3 Å². The second-order valence-electron chi connectivity index (χ2n) is 8.76. The average molecular weight is 457 g/mol. The highest BCUT2D eigenvalue weighted by atomic mass is 16.2. The smallest absolute Gasteiger partial charge is 0.121 e. The quantitative estimate of drug-likeness (QED) is 0.215. The first-order valence-electron chi connectivity index (χ1n) is 11.8. The van der Waals surface area contributed by atoms with E-state index in [1.165, 1.54) is 11.8 Å². The van der Waals surface area contributed by atoms with Gasteiger partial charge in [-0.25, -0.2) is 4.98 Å². The number of hydrogen-bond acceptors (Lipinski definition) is 2. The van der Waals surface area contributed by atoms with Crippen LogP contribution in [0.25, 0.3) is 5.57 Å². The largest absolute Gasteiger partial charge is 0.515 e. The van der Waals surface area contributed by atoms with Gasteiger partial charge in [-0.15, -0.1) is 0 Å². The van der Waals surface area contributed by atoms with Gasteiger partial charge in [0.1, 0.15) is 5.54 Å². The SMILES string of the molecule is Cc1cccc(C(=CO)c2cn(C(c3ccccc3)(c3ccccc3)c3ccccc3)cn2)c1C. The molecule has 0 spiro atoms. The van der Waals surface area contributed by atoms with E-state index in [1.807, 2.05) is 42.9 Å². The van der Waals surface area contributed by atoms with Crippen LogP contribution in [0.15, 0.2) is 128 Å². The van der Waals surface area contributed by atoms with Gasteiger partial charge < -0.3 is 9.67 Å². The van der Waals surface area contributed by atoms with Crippen LogP contribution >= 0.6 is 0 Å².